The summed E-state index contributed by atoms with van der Waals surface area (Å²) >= 11 is 0. The topological polar surface area (TPSA) is 301 Å². The molecule has 20 heteroatoms. The number of rotatable bonds is 13. The zero-order valence-electron chi connectivity index (χ0n) is 16.4. The highest BCUT2D eigenvalue weighted by atomic mass is 31.2. The normalized spacial score (nSPS) is 13.0. The van der Waals surface area contributed by atoms with Gasteiger partial charge in [0.2, 0.25) is 0 Å². The van der Waals surface area contributed by atoms with Crippen molar-refractivity contribution in [3.63, 3.8) is 0 Å². The second-order valence-electron chi connectivity index (χ2n) is 5.90. The fraction of sp³-hybridized carbons (Fsp3) is 1.00. The summed E-state index contributed by atoms with van der Waals surface area (Å²) in [7, 11) is -10.5. The molecule has 11 N–H and O–H groups in total. The average molecular weight is 527 g/mol. The first-order valence-electron chi connectivity index (χ1n) is 7.81. The van der Waals surface area contributed by atoms with E-state index < -0.39 is 87.6 Å². The molecule has 0 amide bonds. The second-order valence-corrected chi connectivity index (χ2v) is 9.22. The molecule has 0 aliphatic rings. The highest BCUT2D eigenvalue weighted by Gasteiger charge is 2.32. The van der Waals surface area contributed by atoms with E-state index in [4.69, 9.17) is 55.1 Å². The molecule has 0 aromatic rings. The Balaban J connectivity index is -0.000000416. The molecule has 0 fully saturated rings. The Morgan fingerprint density at radius 2 is 0.871 bits per heavy atom. The van der Waals surface area contributed by atoms with Crippen molar-refractivity contribution in [1.82, 2.24) is 0 Å². The molecule has 1 atom stereocenters. The molecule has 0 aliphatic carbocycles. The first kappa shape index (κ1) is 35.6. The summed E-state index contributed by atoms with van der Waals surface area (Å²) in [6.07, 6.45) is 0. The van der Waals surface area contributed by atoms with Gasteiger partial charge in [-0.25, -0.2) is 9.13 Å². The van der Waals surface area contributed by atoms with E-state index in [1.165, 1.54) is 7.11 Å². The lowest BCUT2D eigenvalue weighted by atomic mass is 9.93. The van der Waals surface area contributed by atoms with Gasteiger partial charge in [0.05, 0.1) is 70.8 Å². The number of phosphoric acid groups is 2. The first-order valence-corrected chi connectivity index (χ1v) is 12.0. The smallest absolute Gasteiger partial charge is 0.396 e. The van der Waals surface area contributed by atoms with Gasteiger partial charge in [-0.05, 0) is 0 Å². The first-order chi connectivity index (χ1) is 14.0. The van der Waals surface area contributed by atoms with Crippen LogP contribution in [0.1, 0.15) is 0 Å². The fourth-order valence-corrected chi connectivity index (χ4v) is 1.90. The number of aliphatic hydroxyl groups excluding tert-OH is 6. The second kappa shape index (κ2) is 17.5. The molecule has 0 saturated carbocycles. The number of phosphoric ester groups is 2. The summed E-state index contributed by atoms with van der Waals surface area (Å²) in [6, 6.07) is 0. The standard InChI is InChI=1S/2C5H13O7P.CH3O3P/c2*6-1-5(2-7,3-8)4-12-13(9,10)11;1-4-5(2)3/h2*6-8H,1-4H2,(H2,9,10,11);1H3/p+1. The maximum absolute atomic E-state index is 10.3. The SMILES string of the molecule is CO[P+](=O)O.O=P(O)(O)OCC(CO)(CO)CO.O=P(O)(O)OCC(CO)(CO)CO. The minimum Gasteiger partial charge on any atom is -0.396 e. The summed E-state index contributed by atoms with van der Waals surface area (Å²) in [5, 5.41) is 52.3. The van der Waals surface area contributed by atoms with Crippen molar-refractivity contribution in [2.75, 3.05) is 60.0 Å². The fourth-order valence-electron chi connectivity index (χ4n) is 1.02. The van der Waals surface area contributed by atoms with Gasteiger partial charge in [0.15, 0.2) is 0 Å². The molecule has 0 aliphatic heterocycles. The van der Waals surface area contributed by atoms with Crippen LogP contribution in [-0.4, -0.2) is 115 Å². The Labute approximate surface area is 177 Å². The Bertz CT molecular complexity index is 493. The Hall–Kier alpha value is -0.0000000000000000971. The van der Waals surface area contributed by atoms with E-state index in [2.05, 4.69) is 13.6 Å². The van der Waals surface area contributed by atoms with E-state index >= 15 is 0 Å². The third-order valence-electron chi connectivity index (χ3n) is 3.25. The van der Waals surface area contributed by atoms with Crippen LogP contribution in [-0.2, 0) is 27.3 Å². The van der Waals surface area contributed by atoms with E-state index in [-0.39, 0.29) is 0 Å². The molecule has 0 heterocycles. The predicted octanol–water partition coefficient (Wildman–Crippen LogP) is -3.60. The number of hydrogen-bond acceptors (Lipinski definition) is 12. The van der Waals surface area contributed by atoms with Crippen LogP contribution >= 0.6 is 23.9 Å². The van der Waals surface area contributed by atoms with Gasteiger partial charge >= 0.3 is 23.9 Å². The van der Waals surface area contributed by atoms with E-state index in [0.717, 1.165) is 0 Å². The van der Waals surface area contributed by atoms with Gasteiger partial charge in [0.1, 0.15) is 0 Å². The minimum absolute atomic E-state index is 0.610. The molecule has 0 bridgehead atoms. The van der Waals surface area contributed by atoms with E-state index in [0.29, 0.717) is 0 Å². The minimum atomic E-state index is -4.64. The molecule has 0 saturated heterocycles. The third-order valence-corrected chi connectivity index (χ3v) is 4.49. The van der Waals surface area contributed by atoms with Crippen molar-refractivity contribution in [3.05, 3.63) is 0 Å². The van der Waals surface area contributed by atoms with Gasteiger partial charge in [0, 0.05) is 4.57 Å². The van der Waals surface area contributed by atoms with E-state index in [1.54, 1.807) is 0 Å². The maximum atomic E-state index is 10.3. The summed E-state index contributed by atoms with van der Waals surface area (Å²) in [6.45, 7) is -4.97. The van der Waals surface area contributed by atoms with Crippen LogP contribution in [0.15, 0.2) is 0 Å². The van der Waals surface area contributed by atoms with Crippen molar-refractivity contribution < 1.29 is 82.4 Å². The Morgan fingerprint density at radius 3 is 0.968 bits per heavy atom. The zero-order valence-corrected chi connectivity index (χ0v) is 19.1. The summed E-state index contributed by atoms with van der Waals surface area (Å²) in [5.41, 5.74) is -2.83. The number of aliphatic hydroxyl groups is 6. The summed E-state index contributed by atoms with van der Waals surface area (Å²) in [4.78, 5) is 40.9. The van der Waals surface area contributed by atoms with Crippen molar-refractivity contribution in [2.45, 2.75) is 0 Å². The van der Waals surface area contributed by atoms with Crippen LogP contribution in [0.2, 0.25) is 0 Å². The molecule has 0 radical (unpaired) electrons. The molecule has 0 rings (SSSR count). The monoisotopic (exact) mass is 527 g/mol. The average Bonchev–Trinajstić information content (AvgIpc) is 2.70. The molecule has 0 spiro atoms. The largest absolute Gasteiger partial charge is 0.694 e. The van der Waals surface area contributed by atoms with Crippen LogP contribution in [0.4, 0.5) is 0 Å². The number of hydrogen-bond donors (Lipinski definition) is 11. The van der Waals surface area contributed by atoms with Gasteiger partial charge in [-0.1, -0.05) is 0 Å². The highest BCUT2D eigenvalue weighted by molar-refractivity contribution is 7.46. The van der Waals surface area contributed by atoms with Gasteiger partial charge in [-0.3, -0.25) is 9.05 Å². The summed E-state index contributed by atoms with van der Waals surface area (Å²) < 4.78 is 41.7. The van der Waals surface area contributed by atoms with Crippen molar-refractivity contribution in [2.24, 2.45) is 10.8 Å². The molecule has 190 valence electrons. The van der Waals surface area contributed by atoms with Crippen LogP contribution in [0.25, 0.3) is 0 Å². The van der Waals surface area contributed by atoms with Gasteiger partial charge in [0.25, 0.3) is 0 Å². The zero-order chi connectivity index (χ0) is 25.4. The van der Waals surface area contributed by atoms with Crippen LogP contribution in [0.3, 0.4) is 0 Å². The lowest BCUT2D eigenvalue weighted by molar-refractivity contribution is -0.0325. The van der Waals surface area contributed by atoms with Crippen molar-refractivity contribution in [1.29, 1.82) is 0 Å². The molecule has 1 unspecified atom stereocenters. The van der Waals surface area contributed by atoms with Gasteiger partial charge in [-0.2, -0.15) is 0 Å². The van der Waals surface area contributed by atoms with E-state index in [1.807, 2.05) is 0 Å². The van der Waals surface area contributed by atoms with Crippen LogP contribution in [0, 0.1) is 10.8 Å². The highest BCUT2D eigenvalue weighted by Crippen LogP contribution is 2.38. The molecular formula is C11H30O17P3+. The Morgan fingerprint density at radius 1 is 0.677 bits per heavy atom. The third kappa shape index (κ3) is 20.3. The quantitative estimate of drug-likeness (QED) is 0.103. The summed E-state index contributed by atoms with van der Waals surface area (Å²) in [5.74, 6) is 0. The molecule has 31 heavy (non-hydrogen) atoms. The lowest BCUT2D eigenvalue weighted by Crippen LogP contribution is -2.38. The van der Waals surface area contributed by atoms with Crippen molar-refractivity contribution in [3.8, 4) is 0 Å². The van der Waals surface area contributed by atoms with Gasteiger partial charge < -0.3 is 50.2 Å². The van der Waals surface area contributed by atoms with E-state index in [9.17, 15) is 13.7 Å². The molecule has 17 nitrogen and oxygen atoms in total. The van der Waals surface area contributed by atoms with Gasteiger partial charge in [-0.15, -0.1) is 9.42 Å². The van der Waals surface area contributed by atoms with Crippen LogP contribution in [0.5, 0.6) is 0 Å². The Kier molecular flexibility index (Phi) is 20.1. The molecule has 0 aromatic carbocycles. The predicted molar refractivity (Wildman–Crippen MR) is 100 cm³/mol. The molecule has 0 aromatic heterocycles. The van der Waals surface area contributed by atoms with Crippen molar-refractivity contribution >= 4 is 23.9 Å². The lowest BCUT2D eigenvalue weighted by Gasteiger charge is -2.26. The van der Waals surface area contributed by atoms with Crippen LogP contribution < -0.4 is 0 Å². The maximum Gasteiger partial charge on any atom is 0.694 e. The molecular weight excluding hydrogens is 497 g/mol.